The first kappa shape index (κ1) is 19.7. The van der Waals surface area contributed by atoms with E-state index in [2.05, 4.69) is 24.1 Å². The molecule has 1 aromatic rings. The van der Waals surface area contributed by atoms with Gasteiger partial charge in [0.2, 0.25) is 15.9 Å². The fourth-order valence-corrected chi connectivity index (χ4v) is 4.10. The van der Waals surface area contributed by atoms with Crippen LogP contribution < -0.4 is 9.62 Å². The summed E-state index contributed by atoms with van der Waals surface area (Å²) in [5.74, 6) is -0.253. The fourth-order valence-electron chi connectivity index (χ4n) is 3.19. The van der Waals surface area contributed by atoms with E-state index in [-0.39, 0.29) is 18.5 Å². The molecule has 0 unspecified atom stereocenters. The van der Waals surface area contributed by atoms with E-state index in [0.29, 0.717) is 11.7 Å². The molecule has 1 aliphatic rings. The highest BCUT2D eigenvalue weighted by Crippen LogP contribution is 2.22. The Bertz CT molecular complexity index is 695. The molecule has 0 aliphatic carbocycles. The van der Waals surface area contributed by atoms with E-state index in [9.17, 15) is 13.2 Å². The number of anilines is 1. The standard InChI is InChI=1S/C18H29N3O3S/c1-14(2)20-11-9-16(10-12-20)19-18(22)13-21(25(4,23)24)17-8-6-5-7-15(17)3/h5-8,14,16H,9-13H2,1-4H3,(H,19,22). The summed E-state index contributed by atoms with van der Waals surface area (Å²) in [5, 5.41) is 3.00. The molecule has 25 heavy (non-hydrogen) atoms. The van der Waals surface area contributed by atoms with Crippen molar-refractivity contribution in [2.75, 3.05) is 30.2 Å². The Hall–Kier alpha value is -1.60. The van der Waals surface area contributed by atoms with Gasteiger partial charge in [0, 0.05) is 25.2 Å². The summed E-state index contributed by atoms with van der Waals surface area (Å²) in [6, 6.07) is 7.82. The third-order valence-corrected chi connectivity index (χ3v) is 5.82. The van der Waals surface area contributed by atoms with Crippen LogP contribution in [0, 0.1) is 6.92 Å². The van der Waals surface area contributed by atoms with Crippen molar-refractivity contribution in [2.45, 2.75) is 45.7 Å². The number of hydrogen-bond acceptors (Lipinski definition) is 4. The van der Waals surface area contributed by atoms with Crippen LogP contribution in [0.15, 0.2) is 24.3 Å². The average Bonchev–Trinajstić information content (AvgIpc) is 2.53. The number of aryl methyl sites for hydroxylation is 1. The summed E-state index contributed by atoms with van der Waals surface area (Å²) in [4.78, 5) is 14.8. The van der Waals surface area contributed by atoms with Gasteiger partial charge in [0.1, 0.15) is 6.54 Å². The molecule has 1 aromatic carbocycles. The largest absolute Gasteiger partial charge is 0.352 e. The zero-order valence-electron chi connectivity index (χ0n) is 15.5. The lowest BCUT2D eigenvalue weighted by atomic mass is 10.0. The van der Waals surface area contributed by atoms with Crippen LogP contribution >= 0.6 is 0 Å². The van der Waals surface area contributed by atoms with E-state index in [1.807, 2.05) is 19.1 Å². The minimum absolute atomic E-state index is 0.112. The summed E-state index contributed by atoms with van der Waals surface area (Å²) in [7, 11) is -3.53. The van der Waals surface area contributed by atoms with Gasteiger partial charge < -0.3 is 10.2 Å². The minimum atomic E-state index is -3.53. The SMILES string of the molecule is Cc1ccccc1N(CC(=O)NC1CCN(C(C)C)CC1)S(C)(=O)=O. The molecule has 0 radical (unpaired) electrons. The van der Waals surface area contributed by atoms with Gasteiger partial charge in [-0.25, -0.2) is 8.42 Å². The molecule has 0 atom stereocenters. The number of carbonyl (C=O) groups is 1. The molecule has 7 heteroatoms. The molecule has 0 spiro atoms. The Morgan fingerprint density at radius 3 is 2.40 bits per heavy atom. The molecule has 140 valence electrons. The first-order valence-electron chi connectivity index (χ1n) is 8.75. The third-order valence-electron chi connectivity index (χ3n) is 4.70. The monoisotopic (exact) mass is 367 g/mol. The second kappa shape index (κ2) is 8.19. The molecule has 2 rings (SSSR count). The number of rotatable bonds is 6. The number of hydrogen-bond donors (Lipinski definition) is 1. The number of nitrogens with one attached hydrogen (secondary N) is 1. The highest BCUT2D eigenvalue weighted by molar-refractivity contribution is 7.92. The van der Waals surface area contributed by atoms with Crippen LogP contribution in [0.2, 0.25) is 0 Å². The first-order chi connectivity index (χ1) is 11.7. The normalized spacial score (nSPS) is 16.8. The van der Waals surface area contributed by atoms with Crippen molar-refractivity contribution >= 4 is 21.6 Å². The van der Waals surface area contributed by atoms with Crippen LogP contribution in [-0.4, -0.2) is 57.2 Å². The topological polar surface area (TPSA) is 69.7 Å². The van der Waals surface area contributed by atoms with Crippen molar-refractivity contribution in [2.24, 2.45) is 0 Å². The van der Waals surface area contributed by atoms with Gasteiger partial charge in [-0.1, -0.05) is 18.2 Å². The van der Waals surface area contributed by atoms with Crippen molar-refractivity contribution in [3.8, 4) is 0 Å². The second-order valence-electron chi connectivity index (χ2n) is 7.03. The fraction of sp³-hybridized carbons (Fsp3) is 0.611. The zero-order chi connectivity index (χ0) is 18.6. The van der Waals surface area contributed by atoms with Gasteiger partial charge in [-0.3, -0.25) is 9.10 Å². The van der Waals surface area contributed by atoms with Crippen LogP contribution in [0.4, 0.5) is 5.69 Å². The summed E-state index contributed by atoms with van der Waals surface area (Å²) in [6.45, 7) is 7.91. The highest BCUT2D eigenvalue weighted by atomic mass is 32.2. The van der Waals surface area contributed by atoms with E-state index in [1.165, 1.54) is 4.31 Å². The Balaban J connectivity index is 2.01. The summed E-state index contributed by atoms with van der Waals surface area (Å²) >= 11 is 0. The molecule has 1 N–H and O–H groups in total. The molecule has 0 saturated carbocycles. The van der Waals surface area contributed by atoms with Crippen molar-refractivity contribution in [1.29, 1.82) is 0 Å². The predicted octanol–water partition coefficient (Wildman–Crippen LogP) is 1.75. The number of benzene rings is 1. The number of likely N-dealkylation sites (tertiary alicyclic amines) is 1. The number of sulfonamides is 1. The molecule has 1 heterocycles. The molecule has 1 amide bonds. The molecular weight excluding hydrogens is 338 g/mol. The Labute approximate surface area is 151 Å². The van der Waals surface area contributed by atoms with Gasteiger partial charge in [0.15, 0.2) is 0 Å². The Kier molecular flexibility index (Phi) is 6.46. The molecule has 6 nitrogen and oxygen atoms in total. The lowest BCUT2D eigenvalue weighted by Crippen LogP contribution is -2.49. The Morgan fingerprint density at radius 2 is 1.88 bits per heavy atom. The van der Waals surface area contributed by atoms with Crippen LogP contribution in [-0.2, 0) is 14.8 Å². The number of carbonyl (C=O) groups excluding carboxylic acids is 1. The lowest BCUT2D eigenvalue weighted by Gasteiger charge is -2.35. The first-order valence-corrected chi connectivity index (χ1v) is 10.6. The number of nitrogens with zero attached hydrogens (tertiary/aromatic N) is 2. The number of para-hydroxylation sites is 1. The second-order valence-corrected chi connectivity index (χ2v) is 8.93. The van der Waals surface area contributed by atoms with E-state index < -0.39 is 10.0 Å². The van der Waals surface area contributed by atoms with Crippen LogP contribution in [0.3, 0.4) is 0 Å². The van der Waals surface area contributed by atoms with Gasteiger partial charge in [0.05, 0.1) is 11.9 Å². The van der Waals surface area contributed by atoms with Crippen LogP contribution in [0.25, 0.3) is 0 Å². The molecule has 1 saturated heterocycles. The van der Waals surface area contributed by atoms with Gasteiger partial charge in [-0.2, -0.15) is 0 Å². The molecule has 0 bridgehead atoms. The Morgan fingerprint density at radius 1 is 1.28 bits per heavy atom. The van der Waals surface area contributed by atoms with Gasteiger partial charge in [-0.05, 0) is 45.2 Å². The summed E-state index contributed by atoms with van der Waals surface area (Å²) in [5.41, 5.74) is 1.38. The summed E-state index contributed by atoms with van der Waals surface area (Å²) < 4.78 is 25.5. The minimum Gasteiger partial charge on any atom is -0.352 e. The molecular formula is C18H29N3O3S. The third kappa shape index (κ3) is 5.44. The van der Waals surface area contributed by atoms with Crippen molar-refractivity contribution in [3.05, 3.63) is 29.8 Å². The van der Waals surface area contributed by atoms with Gasteiger partial charge in [-0.15, -0.1) is 0 Å². The van der Waals surface area contributed by atoms with E-state index >= 15 is 0 Å². The molecule has 0 aromatic heterocycles. The van der Waals surface area contributed by atoms with E-state index in [1.54, 1.807) is 12.1 Å². The maximum Gasteiger partial charge on any atom is 0.240 e. The summed E-state index contributed by atoms with van der Waals surface area (Å²) in [6.07, 6.45) is 2.92. The van der Waals surface area contributed by atoms with E-state index in [4.69, 9.17) is 0 Å². The van der Waals surface area contributed by atoms with Crippen molar-refractivity contribution < 1.29 is 13.2 Å². The molecule has 1 fully saturated rings. The maximum atomic E-state index is 12.4. The van der Waals surface area contributed by atoms with Gasteiger partial charge >= 0.3 is 0 Å². The quantitative estimate of drug-likeness (QED) is 0.832. The molecule has 1 aliphatic heterocycles. The highest BCUT2D eigenvalue weighted by Gasteiger charge is 2.25. The number of piperidine rings is 1. The zero-order valence-corrected chi connectivity index (χ0v) is 16.3. The van der Waals surface area contributed by atoms with Gasteiger partial charge in [0.25, 0.3) is 0 Å². The van der Waals surface area contributed by atoms with E-state index in [0.717, 1.165) is 37.8 Å². The number of amides is 1. The lowest BCUT2D eigenvalue weighted by molar-refractivity contribution is -0.120. The van der Waals surface area contributed by atoms with Crippen LogP contribution in [0.1, 0.15) is 32.3 Å². The van der Waals surface area contributed by atoms with Crippen molar-refractivity contribution in [1.82, 2.24) is 10.2 Å². The average molecular weight is 368 g/mol. The smallest absolute Gasteiger partial charge is 0.240 e. The van der Waals surface area contributed by atoms with Crippen LogP contribution in [0.5, 0.6) is 0 Å². The van der Waals surface area contributed by atoms with Crippen molar-refractivity contribution in [3.63, 3.8) is 0 Å². The maximum absolute atomic E-state index is 12.4. The predicted molar refractivity (Wildman–Crippen MR) is 101 cm³/mol.